The van der Waals surface area contributed by atoms with Crippen LogP contribution < -0.4 is 5.32 Å². The Morgan fingerprint density at radius 3 is 2.07 bits per heavy atom. The molecule has 0 spiro atoms. The van der Waals surface area contributed by atoms with Gasteiger partial charge in [0.15, 0.2) is 0 Å². The van der Waals surface area contributed by atoms with E-state index in [1.54, 1.807) is 0 Å². The zero-order valence-corrected chi connectivity index (χ0v) is 10.2. The third-order valence-corrected chi connectivity index (χ3v) is 4.14. The molecule has 14 heavy (non-hydrogen) atoms. The molecule has 0 amide bonds. The van der Waals surface area contributed by atoms with Crippen molar-refractivity contribution in [2.45, 2.75) is 52.4 Å². The average Bonchev–Trinajstić information content (AvgIpc) is 2.25. The van der Waals surface area contributed by atoms with Gasteiger partial charge in [-0.05, 0) is 37.8 Å². The first kappa shape index (κ1) is 12.0. The van der Waals surface area contributed by atoms with Crippen LogP contribution in [0.2, 0.25) is 0 Å². The van der Waals surface area contributed by atoms with Crippen LogP contribution in [0.3, 0.4) is 0 Å². The van der Waals surface area contributed by atoms with E-state index in [1.807, 2.05) is 0 Å². The summed E-state index contributed by atoms with van der Waals surface area (Å²) in [5.74, 6) is 3.04. The van der Waals surface area contributed by atoms with E-state index < -0.39 is 0 Å². The van der Waals surface area contributed by atoms with Gasteiger partial charge in [0.25, 0.3) is 0 Å². The Morgan fingerprint density at radius 1 is 1.07 bits per heavy atom. The molecule has 1 heteroatoms. The van der Waals surface area contributed by atoms with E-state index in [0.717, 1.165) is 17.8 Å². The molecule has 1 rings (SSSR count). The van der Waals surface area contributed by atoms with Crippen LogP contribution in [0.4, 0.5) is 0 Å². The van der Waals surface area contributed by atoms with Crippen LogP contribution >= 0.6 is 0 Å². The quantitative estimate of drug-likeness (QED) is 0.712. The second-order valence-electron chi connectivity index (χ2n) is 4.82. The lowest BCUT2D eigenvalue weighted by molar-refractivity contribution is 0.134. The highest BCUT2D eigenvalue weighted by atomic mass is 14.8. The Kier molecular flexibility index (Phi) is 5.54. The summed E-state index contributed by atoms with van der Waals surface area (Å²) in [6.45, 7) is 5.95. The van der Waals surface area contributed by atoms with Crippen LogP contribution in [0.5, 0.6) is 0 Å². The summed E-state index contributed by atoms with van der Waals surface area (Å²) in [4.78, 5) is 0. The van der Waals surface area contributed by atoms with Gasteiger partial charge in [-0.1, -0.05) is 46.0 Å². The van der Waals surface area contributed by atoms with Gasteiger partial charge in [-0.2, -0.15) is 0 Å². The maximum Gasteiger partial charge on any atom is -0.00491 e. The summed E-state index contributed by atoms with van der Waals surface area (Å²) in [5.41, 5.74) is 0. The second-order valence-corrected chi connectivity index (χ2v) is 4.82. The van der Waals surface area contributed by atoms with Crippen molar-refractivity contribution in [3.8, 4) is 0 Å². The lowest BCUT2D eigenvalue weighted by Gasteiger charge is -2.37. The fourth-order valence-electron chi connectivity index (χ4n) is 3.25. The van der Waals surface area contributed by atoms with Gasteiger partial charge < -0.3 is 5.32 Å². The van der Waals surface area contributed by atoms with Crippen molar-refractivity contribution >= 4 is 0 Å². The topological polar surface area (TPSA) is 12.0 Å². The fraction of sp³-hybridized carbons (Fsp3) is 1.00. The minimum atomic E-state index is 1.01. The molecule has 0 heterocycles. The second kappa shape index (κ2) is 6.44. The molecule has 0 aromatic heterocycles. The molecule has 2 atom stereocenters. The standard InChI is InChI=1S/C13H27N/c1-4-11-7-6-8-12(5-2)13(11)9-10-14-3/h11-14H,4-10H2,1-3H3. The molecule has 0 saturated heterocycles. The minimum Gasteiger partial charge on any atom is -0.320 e. The maximum absolute atomic E-state index is 3.30. The zero-order chi connectivity index (χ0) is 10.4. The lowest BCUT2D eigenvalue weighted by atomic mass is 9.68. The summed E-state index contributed by atoms with van der Waals surface area (Å²) in [5, 5.41) is 3.30. The molecule has 84 valence electrons. The molecule has 1 aliphatic carbocycles. The number of hydrogen-bond acceptors (Lipinski definition) is 1. The largest absolute Gasteiger partial charge is 0.320 e. The van der Waals surface area contributed by atoms with Crippen molar-refractivity contribution in [2.24, 2.45) is 17.8 Å². The van der Waals surface area contributed by atoms with Crippen molar-refractivity contribution < 1.29 is 0 Å². The van der Waals surface area contributed by atoms with Gasteiger partial charge in [0, 0.05) is 0 Å². The summed E-state index contributed by atoms with van der Waals surface area (Å²) in [6, 6.07) is 0. The fourth-order valence-corrected chi connectivity index (χ4v) is 3.25. The molecule has 1 N–H and O–H groups in total. The van der Waals surface area contributed by atoms with Crippen LogP contribution in [-0.2, 0) is 0 Å². The van der Waals surface area contributed by atoms with Crippen LogP contribution in [0, 0.1) is 17.8 Å². The summed E-state index contributed by atoms with van der Waals surface area (Å²) < 4.78 is 0. The predicted octanol–water partition coefficient (Wildman–Crippen LogP) is 3.45. The molecule has 1 aliphatic rings. The Labute approximate surface area is 89.7 Å². The molecule has 0 bridgehead atoms. The maximum atomic E-state index is 3.30. The van der Waals surface area contributed by atoms with E-state index in [1.165, 1.54) is 45.1 Å². The van der Waals surface area contributed by atoms with E-state index in [0.29, 0.717) is 0 Å². The van der Waals surface area contributed by atoms with Crippen molar-refractivity contribution in [1.29, 1.82) is 0 Å². The van der Waals surface area contributed by atoms with E-state index >= 15 is 0 Å². The first-order chi connectivity index (χ1) is 6.83. The molecule has 0 aromatic carbocycles. The molecular weight excluding hydrogens is 170 g/mol. The van der Waals surface area contributed by atoms with Gasteiger partial charge in [-0.15, -0.1) is 0 Å². The highest BCUT2D eigenvalue weighted by Crippen LogP contribution is 2.40. The van der Waals surface area contributed by atoms with Crippen LogP contribution in [0.1, 0.15) is 52.4 Å². The minimum absolute atomic E-state index is 1.01. The van der Waals surface area contributed by atoms with Crippen LogP contribution in [-0.4, -0.2) is 13.6 Å². The smallest absolute Gasteiger partial charge is 0.00491 e. The van der Waals surface area contributed by atoms with Crippen molar-refractivity contribution in [1.82, 2.24) is 5.32 Å². The van der Waals surface area contributed by atoms with Gasteiger partial charge in [-0.25, -0.2) is 0 Å². The van der Waals surface area contributed by atoms with E-state index in [9.17, 15) is 0 Å². The normalized spacial score (nSPS) is 33.2. The third-order valence-electron chi connectivity index (χ3n) is 4.14. The molecule has 0 radical (unpaired) electrons. The highest BCUT2D eigenvalue weighted by molar-refractivity contribution is 4.81. The Bertz CT molecular complexity index is 132. The van der Waals surface area contributed by atoms with Gasteiger partial charge >= 0.3 is 0 Å². The monoisotopic (exact) mass is 197 g/mol. The van der Waals surface area contributed by atoms with Crippen molar-refractivity contribution in [3.05, 3.63) is 0 Å². The molecule has 0 aromatic rings. The zero-order valence-electron chi connectivity index (χ0n) is 10.2. The number of rotatable bonds is 5. The van der Waals surface area contributed by atoms with Gasteiger partial charge in [0.1, 0.15) is 0 Å². The molecular formula is C13H27N. The first-order valence-electron chi connectivity index (χ1n) is 6.48. The highest BCUT2D eigenvalue weighted by Gasteiger charge is 2.30. The lowest BCUT2D eigenvalue weighted by Crippen LogP contribution is -2.30. The van der Waals surface area contributed by atoms with E-state index in [-0.39, 0.29) is 0 Å². The Balaban J connectivity index is 2.48. The first-order valence-corrected chi connectivity index (χ1v) is 6.48. The van der Waals surface area contributed by atoms with Crippen LogP contribution in [0.25, 0.3) is 0 Å². The van der Waals surface area contributed by atoms with Gasteiger partial charge in [0.2, 0.25) is 0 Å². The van der Waals surface area contributed by atoms with Crippen LogP contribution in [0.15, 0.2) is 0 Å². The number of hydrogen-bond donors (Lipinski definition) is 1. The van der Waals surface area contributed by atoms with Crippen molar-refractivity contribution in [3.63, 3.8) is 0 Å². The molecule has 2 unspecified atom stereocenters. The summed E-state index contributed by atoms with van der Waals surface area (Å²) in [7, 11) is 2.07. The number of nitrogens with one attached hydrogen (secondary N) is 1. The van der Waals surface area contributed by atoms with E-state index in [2.05, 4.69) is 26.2 Å². The summed E-state index contributed by atoms with van der Waals surface area (Å²) >= 11 is 0. The Morgan fingerprint density at radius 2 is 1.64 bits per heavy atom. The Hall–Kier alpha value is -0.0400. The molecule has 0 aliphatic heterocycles. The third kappa shape index (κ3) is 2.98. The summed E-state index contributed by atoms with van der Waals surface area (Å²) in [6.07, 6.45) is 8.64. The van der Waals surface area contributed by atoms with Gasteiger partial charge in [0.05, 0.1) is 0 Å². The molecule has 1 fully saturated rings. The average molecular weight is 197 g/mol. The van der Waals surface area contributed by atoms with Gasteiger partial charge in [-0.3, -0.25) is 0 Å². The molecule has 1 nitrogen and oxygen atoms in total. The SMILES string of the molecule is CCC1CCCC(CC)C1CCNC. The predicted molar refractivity (Wildman–Crippen MR) is 63.4 cm³/mol. The van der Waals surface area contributed by atoms with E-state index in [4.69, 9.17) is 0 Å². The van der Waals surface area contributed by atoms with Crippen molar-refractivity contribution in [2.75, 3.05) is 13.6 Å². The molecule has 1 saturated carbocycles.